The number of aryl methyl sites for hydroxylation is 1. The lowest BCUT2D eigenvalue weighted by molar-refractivity contribution is 0.198. The highest BCUT2D eigenvalue weighted by Gasteiger charge is 2.18. The number of carbonyl (C=O) groups is 1. The molecular formula is C13H22N4O. The third kappa shape index (κ3) is 3.48. The maximum atomic E-state index is 12.0. The van der Waals surface area contributed by atoms with Crippen molar-refractivity contribution >= 4 is 6.03 Å². The van der Waals surface area contributed by atoms with E-state index in [1.165, 1.54) is 19.3 Å². The molecule has 0 saturated heterocycles. The van der Waals surface area contributed by atoms with Crippen LogP contribution in [0.2, 0.25) is 0 Å². The number of urea groups is 1. The topological polar surface area (TPSA) is 50.2 Å². The predicted molar refractivity (Wildman–Crippen MR) is 70.1 cm³/mol. The fourth-order valence-electron chi connectivity index (χ4n) is 2.43. The third-order valence-electron chi connectivity index (χ3n) is 3.46. The van der Waals surface area contributed by atoms with Crippen LogP contribution < -0.4 is 5.32 Å². The van der Waals surface area contributed by atoms with Crippen LogP contribution in [0.1, 0.15) is 37.7 Å². The lowest BCUT2D eigenvalue weighted by atomic mass is 9.96. The summed E-state index contributed by atoms with van der Waals surface area (Å²) >= 11 is 0. The van der Waals surface area contributed by atoms with E-state index in [1.54, 1.807) is 15.8 Å². The van der Waals surface area contributed by atoms with Crippen LogP contribution in [-0.4, -0.2) is 33.8 Å². The van der Waals surface area contributed by atoms with Gasteiger partial charge in [-0.1, -0.05) is 19.3 Å². The molecule has 18 heavy (non-hydrogen) atoms. The monoisotopic (exact) mass is 250 g/mol. The molecule has 1 fully saturated rings. The molecule has 5 nitrogen and oxygen atoms in total. The Kier molecular flexibility index (Phi) is 4.23. The fourth-order valence-corrected chi connectivity index (χ4v) is 2.43. The summed E-state index contributed by atoms with van der Waals surface area (Å²) < 4.78 is 1.75. The van der Waals surface area contributed by atoms with Crippen LogP contribution in [0.25, 0.3) is 0 Å². The van der Waals surface area contributed by atoms with E-state index in [9.17, 15) is 4.79 Å². The summed E-state index contributed by atoms with van der Waals surface area (Å²) in [5.41, 5.74) is 1.05. The normalized spacial score (nSPS) is 16.6. The molecule has 5 heteroatoms. The molecule has 0 spiro atoms. The quantitative estimate of drug-likeness (QED) is 0.890. The zero-order valence-corrected chi connectivity index (χ0v) is 11.2. The Morgan fingerprint density at radius 1 is 1.50 bits per heavy atom. The number of carbonyl (C=O) groups excluding carboxylic acids is 1. The first-order chi connectivity index (χ1) is 8.65. The molecule has 0 bridgehead atoms. The lowest BCUT2D eigenvalue weighted by Gasteiger charge is -2.26. The molecule has 0 unspecified atom stereocenters. The van der Waals surface area contributed by atoms with Crippen LogP contribution in [0.5, 0.6) is 0 Å². The number of amides is 2. The summed E-state index contributed by atoms with van der Waals surface area (Å²) in [4.78, 5) is 13.7. The van der Waals surface area contributed by atoms with Crippen LogP contribution in [0.15, 0.2) is 12.4 Å². The summed E-state index contributed by atoms with van der Waals surface area (Å²) in [6, 6.07) is 0.383. The number of rotatable bonds is 3. The second-order valence-corrected chi connectivity index (χ2v) is 5.16. The first-order valence-electron chi connectivity index (χ1n) is 6.64. The van der Waals surface area contributed by atoms with Gasteiger partial charge in [-0.2, -0.15) is 5.10 Å². The minimum atomic E-state index is 0.0192. The van der Waals surface area contributed by atoms with Crippen molar-refractivity contribution in [2.24, 2.45) is 7.05 Å². The molecule has 0 aliphatic heterocycles. The fraction of sp³-hybridized carbons (Fsp3) is 0.692. The largest absolute Gasteiger partial charge is 0.335 e. The zero-order chi connectivity index (χ0) is 13.0. The van der Waals surface area contributed by atoms with Gasteiger partial charge in [0.2, 0.25) is 0 Å². The molecule has 1 N–H and O–H groups in total. The van der Waals surface area contributed by atoms with Crippen molar-refractivity contribution < 1.29 is 4.79 Å². The Morgan fingerprint density at radius 3 is 2.83 bits per heavy atom. The molecule has 1 saturated carbocycles. The Hall–Kier alpha value is -1.52. The first kappa shape index (κ1) is 12.9. The van der Waals surface area contributed by atoms with Crippen LogP contribution in [0, 0.1) is 0 Å². The zero-order valence-electron chi connectivity index (χ0n) is 11.2. The van der Waals surface area contributed by atoms with Gasteiger partial charge in [0, 0.05) is 31.9 Å². The van der Waals surface area contributed by atoms with Crippen molar-refractivity contribution in [3.63, 3.8) is 0 Å². The van der Waals surface area contributed by atoms with E-state index in [2.05, 4.69) is 10.4 Å². The number of nitrogens with one attached hydrogen (secondary N) is 1. The molecule has 2 amide bonds. The molecule has 1 aromatic heterocycles. The maximum absolute atomic E-state index is 12.0. The minimum Gasteiger partial charge on any atom is -0.335 e. The van der Waals surface area contributed by atoms with Gasteiger partial charge in [0.05, 0.1) is 12.7 Å². The van der Waals surface area contributed by atoms with Gasteiger partial charge < -0.3 is 10.2 Å². The standard InChI is InChI=1S/C13H22N4O/c1-16(9-11-8-14-17(2)10-11)13(18)15-12-6-4-3-5-7-12/h8,10,12H,3-7,9H2,1-2H3,(H,15,18). The Bertz CT molecular complexity index is 395. The van der Waals surface area contributed by atoms with E-state index < -0.39 is 0 Å². The molecular weight excluding hydrogens is 228 g/mol. The van der Waals surface area contributed by atoms with Gasteiger partial charge >= 0.3 is 6.03 Å². The van der Waals surface area contributed by atoms with E-state index in [1.807, 2.05) is 20.3 Å². The molecule has 0 radical (unpaired) electrons. The molecule has 1 aliphatic carbocycles. The summed E-state index contributed by atoms with van der Waals surface area (Å²) in [6.45, 7) is 0.604. The number of aromatic nitrogens is 2. The molecule has 1 aliphatic rings. The third-order valence-corrected chi connectivity index (χ3v) is 3.46. The van der Waals surface area contributed by atoms with Gasteiger partial charge in [-0.25, -0.2) is 4.79 Å². The van der Waals surface area contributed by atoms with Crippen molar-refractivity contribution in [2.45, 2.75) is 44.7 Å². The van der Waals surface area contributed by atoms with Crippen LogP contribution in [-0.2, 0) is 13.6 Å². The van der Waals surface area contributed by atoms with Gasteiger partial charge in [-0.05, 0) is 12.8 Å². The predicted octanol–water partition coefficient (Wildman–Crippen LogP) is 1.89. The molecule has 1 heterocycles. The SMILES string of the molecule is CN(Cc1cnn(C)c1)C(=O)NC1CCCCC1. The lowest BCUT2D eigenvalue weighted by Crippen LogP contribution is -2.43. The van der Waals surface area contributed by atoms with Crippen LogP contribution in [0.3, 0.4) is 0 Å². The van der Waals surface area contributed by atoms with Crippen LogP contribution >= 0.6 is 0 Å². The highest BCUT2D eigenvalue weighted by atomic mass is 16.2. The first-order valence-corrected chi connectivity index (χ1v) is 6.64. The average Bonchev–Trinajstić information content (AvgIpc) is 2.76. The second-order valence-electron chi connectivity index (χ2n) is 5.16. The molecule has 0 atom stereocenters. The van der Waals surface area contributed by atoms with E-state index in [-0.39, 0.29) is 6.03 Å². The van der Waals surface area contributed by atoms with Crippen molar-refractivity contribution in [3.05, 3.63) is 18.0 Å². The second kappa shape index (κ2) is 5.89. The maximum Gasteiger partial charge on any atom is 0.317 e. The average molecular weight is 250 g/mol. The smallest absolute Gasteiger partial charge is 0.317 e. The van der Waals surface area contributed by atoms with E-state index in [0.717, 1.165) is 18.4 Å². The van der Waals surface area contributed by atoms with E-state index >= 15 is 0 Å². The van der Waals surface area contributed by atoms with Crippen molar-refractivity contribution in [1.82, 2.24) is 20.0 Å². The summed E-state index contributed by atoms with van der Waals surface area (Å²) in [5, 5.41) is 7.21. The molecule has 1 aromatic rings. The van der Waals surface area contributed by atoms with Crippen molar-refractivity contribution in [2.75, 3.05) is 7.05 Å². The molecule has 0 aromatic carbocycles. The Balaban J connectivity index is 1.80. The minimum absolute atomic E-state index is 0.0192. The summed E-state index contributed by atoms with van der Waals surface area (Å²) in [7, 11) is 3.71. The van der Waals surface area contributed by atoms with E-state index in [4.69, 9.17) is 0 Å². The molecule has 2 rings (SSSR count). The van der Waals surface area contributed by atoms with E-state index in [0.29, 0.717) is 12.6 Å². The summed E-state index contributed by atoms with van der Waals surface area (Å²) in [6.07, 6.45) is 9.74. The Morgan fingerprint density at radius 2 is 2.22 bits per heavy atom. The van der Waals surface area contributed by atoms with Gasteiger partial charge in [-0.15, -0.1) is 0 Å². The number of nitrogens with zero attached hydrogens (tertiary/aromatic N) is 3. The highest BCUT2D eigenvalue weighted by molar-refractivity contribution is 5.74. The Labute approximate surface area is 108 Å². The van der Waals surface area contributed by atoms with Crippen molar-refractivity contribution in [1.29, 1.82) is 0 Å². The number of hydrogen-bond acceptors (Lipinski definition) is 2. The van der Waals surface area contributed by atoms with Gasteiger partial charge in [0.1, 0.15) is 0 Å². The number of hydrogen-bond donors (Lipinski definition) is 1. The van der Waals surface area contributed by atoms with Crippen molar-refractivity contribution in [3.8, 4) is 0 Å². The summed E-state index contributed by atoms with van der Waals surface area (Å²) in [5.74, 6) is 0. The molecule has 100 valence electrons. The van der Waals surface area contributed by atoms with Gasteiger partial charge in [0.15, 0.2) is 0 Å². The van der Waals surface area contributed by atoms with Crippen LogP contribution in [0.4, 0.5) is 4.79 Å². The highest BCUT2D eigenvalue weighted by Crippen LogP contribution is 2.17. The van der Waals surface area contributed by atoms with Gasteiger partial charge in [0.25, 0.3) is 0 Å². The van der Waals surface area contributed by atoms with Gasteiger partial charge in [-0.3, -0.25) is 4.68 Å².